The van der Waals surface area contributed by atoms with E-state index in [2.05, 4.69) is 40.9 Å². The Bertz CT molecular complexity index is 416. The van der Waals surface area contributed by atoms with Crippen LogP contribution in [0.15, 0.2) is 4.99 Å². The zero-order chi connectivity index (χ0) is 18.8. The van der Waals surface area contributed by atoms with E-state index in [0.717, 1.165) is 57.6 Å². The fourth-order valence-corrected chi connectivity index (χ4v) is 4.48. The summed E-state index contributed by atoms with van der Waals surface area (Å²) in [5.41, 5.74) is 0.0184. The molecule has 1 atom stereocenters. The molecule has 0 amide bonds. The number of guanidine groups is 1. The molecule has 2 rings (SSSR count). The molecule has 152 valence electrons. The monoisotopic (exact) mass is 366 g/mol. The van der Waals surface area contributed by atoms with Crippen molar-refractivity contribution in [1.29, 1.82) is 0 Å². The molecule has 1 unspecified atom stereocenters. The molecule has 0 bridgehead atoms. The van der Waals surface area contributed by atoms with Gasteiger partial charge in [0.25, 0.3) is 0 Å². The van der Waals surface area contributed by atoms with Gasteiger partial charge in [0.2, 0.25) is 0 Å². The summed E-state index contributed by atoms with van der Waals surface area (Å²) in [6.45, 7) is 14.2. The van der Waals surface area contributed by atoms with Gasteiger partial charge in [-0.05, 0) is 44.7 Å². The third-order valence-corrected chi connectivity index (χ3v) is 6.15. The zero-order valence-corrected chi connectivity index (χ0v) is 17.7. The van der Waals surface area contributed by atoms with E-state index in [1.165, 1.54) is 45.1 Å². The Morgan fingerprint density at radius 1 is 1.19 bits per heavy atom. The van der Waals surface area contributed by atoms with Gasteiger partial charge in [0.15, 0.2) is 5.96 Å². The van der Waals surface area contributed by atoms with E-state index in [9.17, 15) is 0 Å². The number of rotatable bonds is 9. The molecule has 2 fully saturated rings. The van der Waals surface area contributed by atoms with Crippen molar-refractivity contribution in [3.63, 3.8) is 0 Å². The predicted octanol–water partition coefficient (Wildman–Crippen LogP) is 3.36. The maximum atomic E-state index is 6.34. The molecule has 2 aliphatic rings. The fourth-order valence-electron chi connectivity index (χ4n) is 4.48. The summed E-state index contributed by atoms with van der Waals surface area (Å²) in [5.74, 6) is 1.82. The lowest BCUT2D eigenvalue weighted by Crippen LogP contribution is -2.50. The van der Waals surface area contributed by atoms with Crippen LogP contribution in [-0.2, 0) is 4.74 Å². The maximum absolute atomic E-state index is 6.34. The summed E-state index contributed by atoms with van der Waals surface area (Å²) >= 11 is 0. The van der Waals surface area contributed by atoms with Crippen LogP contribution >= 0.6 is 0 Å². The van der Waals surface area contributed by atoms with Gasteiger partial charge >= 0.3 is 0 Å². The normalized spacial score (nSPS) is 23.7. The van der Waals surface area contributed by atoms with Crippen molar-refractivity contribution in [3.8, 4) is 0 Å². The van der Waals surface area contributed by atoms with Crippen molar-refractivity contribution in [3.05, 3.63) is 0 Å². The van der Waals surface area contributed by atoms with Gasteiger partial charge < -0.3 is 19.9 Å². The van der Waals surface area contributed by atoms with Crippen LogP contribution in [0.1, 0.15) is 65.7 Å². The predicted molar refractivity (Wildman–Crippen MR) is 111 cm³/mol. The summed E-state index contributed by atoms with van der Waals surface area (Å²) in [5, 5.41) is 3.67. The van der Waals surface area contributed by atoms with Crippen molar-refractivity contribution in [2.24, 2.45) is 10.9 Å². The molecule has 5 nitrogen and oxygen atoms in total. The number of likely N-dealkylation sites (tertiary alicyclic amines) is 1. The van der Waals surface area contributed by atoms with E-state index in [-0.39, 0.29) is 5.60 Å². The molecule has 1 saturated carbocycles. The van der Waals surface area contributed by atoms with Crippen molar-refractivity contribution in [2.45, 2.75) is 71.3 Å². The molecule has 1 heterocycles. The highest BCUT2D eigenvalue weighted by Gasteiger charge is 2.34. The highest BCUT2D eigenvalue weighted by molar-refractivity contribution is 5.80. The summed E-state index contributed by atoms with van der Waals surface area (Å²) in [6.07, 6.45) is 8.66. The summed E-state index contributed by atoms with van der Waals surface area (Å²) < 4.78 is 6.34. The van der Waals surface area contributed by atoms with E-state index in [4.69, 9.17) is 4.74 Å². The quantitative estimate of drug-likeness (QED) is 0.502. The Labute approximate surface area is 161 Å². The molecule has 1 aliphatic carbocycles. The van der Waals surface area contributed by atoms with Crippen molar-refractivity contribution < 1.29 is 4.74 Å². The number of hydrogen-bond acceptors (Lipinski definition) is 3. The average Bonchev–Trinajstić information content (AvgIpc) is 3.14. The van der Waals surface area contributed by atoms with E-state index >= 15 is 0 Å². The van der Waals surface area contributed by atoms with E-state index in [0.29, 0.717) is 0 Å². The Kier molecular flexibility index (Phi) is 9.20. The van der Waals surface area contributed by atoms with Gasteiger partial charge in [0.05, 0.1) is 5.60 Å². The van der Waals surface area contributed by atoms with Crippen LogP contribution in [0.5, 0.6) is 0 Å². The van der Waals surface area contributed by atoms with Crippen LogP contribution in [0, 0.1) is 5.92 Å². The molecule has 0 aromatic rings. The van der Waals surface area contributed by atoms with Crippen LogP contribution < -0.4 is 5.32 Å². The van der Waals surface area contributed by atoms with Gasteiger partial charge in [-0.15, -0.1) is 0 Å². The minimum atomic E-state index is 0.0184. The second-order valence-electron chi connectivity index (χ2n) is 8.08. The zero-order valence-electron chi connectivity index (χ0n) is 17.7. The standard InChI is InChI=1S/C21H42N4O/c1-5-15-26-21(12-9-8-10-13-21)18-23-20(22-4)25-14-11-19(17-25)16-24(6-2)7-3/h19H,5-18H2,1-4H3,(H,22,23). The van der Waals surface area contributed by atoms with Gasteiger partial charge in [-0.3, -0.25) is 4.99 Å². The smallest absolute Gasteiger partial charge is 0.193 e. The molecule has 0 aromatic carbocycles. The lowest BCUT2D eigenvalue weighted by Gasteiger charge is -2.38. The Balaban J connectivity index is 1.86. The van der Waals surface area contributed by atoms with Crippen molar-refractivity contribution in [1.82, 2.24) is 15.1 Å². The topological polar surface area (TPSA) is 40.1 Å². The summed E-state index contributed by atoms with van der Waals surface area (Å²) in [4.78, 5) is 9.57. The van der Waals surface area contributed by atoms with E-state index in [1.807, 2.05) is 7.05 Å². The van der Waals surface area contributed by atoms with Crippen LogP contribution in [0.3, 0.4) is 0 Å². The van der Waals surface area contributed by atoms with Gasteiger partial charge in [-0.2, -0.15) is 0 Å². The third kappa shape index (κ3) is 6.12. The number of nitrogens with one attached hydrogen (secondary N) is 1. The van der Waals surface area contributed by atoms with Crippen molar-refractivity contribution >= 4 is 5.96 Å². The largest absolute Gasteiger partial charge is 0.373 e. The Hall–Kier alpha value is -0.810. The van der Waals surface area contributed by atoms with Gasteiger partial charge in [-0.25, -0.2) is 0 Å². The Morgan fingerprint density at radius 2 is 1.92 bits per heavy atom. The first-order valence-electron chi connectivity index (χ1n) is 11.0. The molecular weight excluding hydrogens is 324 g/mol. The average molecular weight is 367 g/mol. The Morgan fingerprint density at radius 3 is 2.54 bits per heavy atom. The molecule has 26 heavy (non-hydrogen) atoms. The summed E-state index contributed by atoms with van der Waals surface area (Å²) in [7, 11) is 1.92. The number of aliphatic imine (C=N–C) groups is 1. The second kappa shape index (κ2) is 11.1. The lowest BCUT2D eigenvalue weighted by molar-refractivity contribution is -0.0659. The molecule has 1 N–H and O–H groups in total. The third-order valence-electron chi connectivity index (χ3n) is 6.15. The SMILES string of the molecule is CCCOC1(CNC(=NC)N2CCC(CN(CC)CC)C2)CCCCC1. The van der Waals surface area contributed by atoms with Crippen LogP contribution in [0.2, 0.25) is 0 Å². The minimum Gasteiger partial charge on any atom is -0.373 e. The molecule has 0 spiro atoms. The molecule has 5 heteroatoms. The van der Waals surface area contributed by atoms with Crippen LogP contribution in [-0.4, -0.2) is 74.3 Å². The first-order chi connectivity index (χ1) is 12.7. The molecule has 0 radical (unpaired) electrons. The number of nitrogens with zero attached hydrogens (tertiary/aromatic N) is 3. The summed E-state index contributed by atoms with van der Waals surface area (Å²) in [6, 6.07) is 0. The number of ether oxygens (including phenoxy) is 1. The molecular formula is C21H42N4O. The van der Waals surface area contributed by atoms with Crippen LogP contribution in [0.25, 0.3) is 0 Å². The molecule has 1 saturated heterocycles. The maximum Gasteiger partial charge on any atom is 0.193 e. The van der Waals surface area contributed by atoms with Gasteiger partial charge in [-0.1, -0.05) is 40.0 Å². The van der Waals surface area contributed by atoms with Crippen LogP contribution in [0.4, 0.5) is 0 Å². The van der Waals surface area contributed by atoms with Gasteiger partial charge in [0.1, 0.15) is 0 Å². The number of hydrogen-bond donors (Lipinski definition) is 1. The lowest BCUT2D eigenvalue weighted by atomic mass is 9.84. The molecule has 1 aliphatic heterocycles. The van der Waals surface area contributed by atoms with E-state index < -0.39 is 0 Å². The highest BCUT2D eigenvalue weighted by Crippen LogP contribution is 2.31. The fraction of sp³-hybridized carbons (Fsp3) is 0.952. The first kappa shape index (κ1) is 21.5. The van der Waals surface area contributed by atoms with E-state index in [1.54, 1.807) is 0 Å². The van der Waals surface area contributed by atoms with Crippen molar-refractivity contribution in [2.75, 3.05) is 52.9 Å². The van der Waals surface area contributed by atoms with Gasteiger partial charge in [0, 0.05) is 39.8 Å². The highest BCUT2D eigenvalue weighted by atomic mass is 16.5. The second-order valence-corrected chi connectivity index (χ2v) is 8.08. The molecule has 0 aromatic heterocycles. The minimum absolute atomic E-state index is 0.0184. The first-order valence-corrected chi connectivity index (χ1v) is 11.0.